The van der Waals surface area contributed by atoms with Crippen molar-refractivity contribution in [2.75, 3.05) is 24.4 Å². The highest BCUT2D eigenvalue weighted by atomic mass is 32.2. The van der Waals surface area contributed by atoms with Crippen LogP contribution in [0.1, 0.15) is 0 Å². The summed E-state index contributed by atoms with van der Waals surface area (Å²) >= 11 is 1.36. The second-order valence-corrected chi connectivity index (χ2v) is 4.41. The lowest BCUT2D eigenvalue weighted by Gasteiger charge is -2.09. The highest BCUT2D eigenvalue weighted by Gasteiger charge is 2.07. The number of nitrogens with one attached hydrogen (secondary N) is 1. The molecule has 0 unspecified atom stereocenters. The van der Waals surface area contributed by atoms with Crippen molar-refractivity contribution in [3.8, 4) is 5.75 Å². The fraction of sp³-hybridized carbons (Fsp3) is 0.167. The van der Waals surface area contributed by atoms with Gasteiger partial charge in [-0.2, -0.15) is 0 Å². The zero-order valence-electron chi connectivity index (χ0n) is 10.5. The van der Waals surface area contributed by atoms with Gasteiger partial charge in [0.15, 0.2) is 5.16 Å². The molecule has 0 atom stereocenters. The molecule has 0 amide bonds. The lowest BCUT2D eigenvalue weighted by atomic mass is 10.3. The first-order chi connectivity index (χ1) is 9.12. The van der Waals surface area contributed by atoms with Gasteiger partial charge in [0.25, 0.3) is 0 Å². The lowest BCUT2D eigenvalue weighted by Crippen LogP contribution is -2.01. The minimum Gasteiger partial charge on any atom is -0.497 e. The molecule has 0 saturated carbocycles. The molecule has 1 heterocycles. The zero-order valence-corrected chi connectivity index (χ0v) is 11.3. The van der Waals surface area contributed by atoms with Crippen molar-refractivity contribution in [3.63, 3.8) is 0 Å². The quantitative estimate of drug-likeness (QED) is 0.662. The van der Waals surface area contributed by atoms with Crippen LogP contribution in [0.15, 0.2) is 29.4 Å². The van der Waals surface area contributed by atoms with E-state index < -0.39 is 5.82 Å². The molecule has 5 nitrogen and oxygen atoms in total. The van der Waals surface area contributed by atoms with Crippen LogP contribution in [0.3, 0.4) is 0 Å². The van der Waals surface area contributed by atoms with E-state index in [4.69, 9.17) is 10.5 Å². The van der Waals surface area contributed by atoms with Gasteiger partial charge in [-0.25, -0.2) is 14.4 Å². The van der Waals surface area contributed by atoms with Gasteiger partial charge in [0.2, 0.25) is 0 Å². The fourth-order valence-electron chi connectivity index (χ4n) is 1.46. The highest BCUT2D eigenvalue weighted by molar-refractivity contribution is 7.98. The first-order valence-electron chi connectivity index (χ1n) is 5.41. The van der Waals surface area contributed by atoms with E-state index in [2.05, 4.69) is 15.3 Å². The standard InChI is InChI=1S/C12H13FN4OS/c1-18-7-3-4-8(13)9(5-7)15-11-6-10(14)16-12(17-11)19-2/h3-6H,1-2H3,(H3,14,15,16,17). The summed E-state index contributed by atoms with van der Waals surface area (Å²) in [6.07, 6.45) is 1.84. The Morgan fingerprint density at radius 3 is 2.79 bits per heavy atom. The minimum absolute atomic E-state index is 0.268. The molecule has 0 bridgehead atoms. The number of rotatable bonds is 4. The number of methoxy groups -OCH3 is 1. The van der Waals surface area contributed by atoms with Crippen LogP contribution in [-0.4, -0.2) is 23.3 Å². The van der Waals surface area contributed by atoms with Gasteiger partial charge in [-0.1, -0.05) is 11.8 Å². The normalized spacial score (nSPS) is 10.3. The van der Waals surface area contributed by atoms with E-state index in [1.54, 1.807) is 18.2 Å². The monoisotopic (exact) mass is 280 g/mol. The van der Waals surface area contributed by atoms with E-state index >= 15 is 0 Å². The molecule has 1 aromatic carbocycles. The first-order valence-corrected chi connectivity index (χ1v) is 6.64. The van der Waals surface area contributed by atoms with Gasteiger partial charge >= 0.3 is 0 Å². The maximum absolute atomic E-state index is 13.7. The Morgan fingerprint density at radius 1 is 1.32 bits per heavy atom. The number of hydrogen-bond acceptors (Lipinski definition) is 6. The Bertz CT molecular complexity index is 594. The third kappa shape index (κ3) is 3.25. The summed E-state index contributed by atoms with van der Waals surface area (Å²) in [7, 11) is 1.52. The van der Waals surface area contributed by atoms with Crippen molar-refractivity contribution in [2.45, 2.75) is 5.16 Å². The van der Waals surface area contributed by atoms with Gasteiger partial charge in [0.1, 0.15) is 23.2 Å². The Kier molecular flexibility index (Phi) is 4.06. The number of nitrogens with zero attached hydrogens (tertiary/aromatic N) is 2. The van der Waals surface area contributed by atoms with Crippen molar-refractivity contribution in [3.05, 3.63) is 30.1 Å². The molecule has 0 saturated heterocycles. The number of nitrogens with two attached hydrogens (primary N) is 1. The minimum atomic E-state index is -0.399. The Hall–Kier alpha value is -2.02. The zero-order chi connectivity index (χ0) is 13.8. The summed E-state index contributed by atoms with van der Waals surface area (Å²) in [4.78, 5) is 8.22. The SMILES string of the molecule is COc1ccc(F)c(Nc2cc(N)nc(SC)n2)c1. The van der Waals surface area contributed by atoms with Crippen LogP contribution in [0.25, 0.3) is 0 Å². The number of nitrogen functional groups attached to an aromatic ring is 1. The van der Waals surface area contributed by atoms with Gasteiger partial charge in [0.05, 0.1) is 12.8 Å². The molecule has 0 aliphatic heterocycles. The lowest BCUT2D eigenvalue weighted by molar-refractivity contribution is 0.414. The topological polar surface area (TPSA) is 73.1 Å². The number of hydrogen-bond donors (Lipinski definition) is 2. The summed E-state index contributed by atoms with van der Waals surface area (Å²) in [6, 6.07) is 5.95. The molecule has 7 heteroatoms. The molecular weight excluding hydrogens is 267 g/mol. The van der Waals surface area contributed by atoms with E-state index in [-0.39, 0.29) is 5.69 Å². The first kappa shape index (κ1) is 13.4. The van der Waals surface area contributed by atoms with Crippen molar-refractivity contribution in [1.82, 2.24) is 9.97 Å². The molecule has 2 rings (SSSR count). The molecule has 2 aromatic rings. The third-order valence-corrected chi connectivity index (χ3v) is 2.89. The Labute approximate surface area is 114 Å². The second-order valence-electron chi connectivity index (χ2n) is 3.64. The number of aromatic nitrogens is 2. The summed E-state index contributed by atoms with van der Waals surface area (Å²) in [6.45, 7) is 0. The molecule has 1 aromatic heterocycles. The molecule has 0 spiro atoms. The van der Waals surface area contributed by atoms with Gasteiger partial charge in [0, 0.05) is 12.1 Å². The van der Waals surface area contributed by atoms with Gasteiger partial charge in [-0.05, 0) is 18.4 Å². The van der Waals surface area contributed by atoms with Crippen LogP contribution in [0.2, 0.25) is 0 Å². The molecule has 0 radical (unpaired) electrons. The van der Waals surface area contributed by atoms with E-state index in [1.165, 1.54) is 24.9 Å². The van der Waals surface area contributed by atoms with Crippen LogP contribution in [0.5, 0.6) is 5.75 Å². The smallest absolute Gasteiger partial charge is 0.191 e. The number of benzene rings is 1. The third-order valence-electron chi connectivity index (χ3n) is 2.34. The van der Waals surface area contributed by atoms with Crippen LogP contribution < -0.4 is 15.8 Å². The van der Waals surface area contributed by atoms with E-state index in [1.807, 2.05) is 6.26 Å². The van der Waals surface area contributed by atoms with Gasteiger partial charge < -0.3 is 15.8 Å². The molecule has 0 aliphatic carbocycles. The summed E-state index contributed by atoms with van der Waals surface area (Å²) in [5, 5.41) is 3.38. The highest BCUT2D eigenvalue weighted by Crippen LogP contribution is 2.25. The predicted octanol–water partition coefficient (Wildman–Crippen LogP) is 2.67. The largest absolute Gasteiger partial charge is 0.497 e. The number of anilines is 3. The van der Waals surface area contributed by atoms with Gasteiger partial charge in [-0.3, -0.25) is 0 Å². The Balaban J connectivity index is 2.32. The summed E-state index contributed by atoms with van der Waals surface area (Å²) in [5.74, 6) is 0.911. The molecule has 100 valence electrons. The van der Waals surface area contributed by atoms with E-state index in [0.717, 1.165) is 0 Å². The molecular formula is C12H13FN4OS. The fourth-order valence-corrected chi connectivity index (χ4v) is 1.85. The molecule has 19 heavy (non-hydrogen) atoms. The average Bonchev–Trinajstić information content (AvgIpc) is 2.40. The molecule has 0 aliphatic rings. The average molecular weight is 280 g/mol. The molecule has 3 N–H and O–H groups in total. The maximum atomic E-state index is 13.7. The number of thioether (sulfide) groups is 1. The van der Waals surface area contributed by atoms with Crippen LogP contribution in [0.4, 0.5) is 21.7 Å². The van der Waals surface area contributed by atoms with Crippen LogP contribution in [-0.2, 0) is 0 Å². The number of halogens is 1. The van der Waals surface area contributed by atoms with Crippen molar-refractivity contribution in [2.24, 2.45) is 0 Å². The second kappa shape index (κ2) is 5.75. The number of ether oxygens (including phenoxy) is 1. The molecule has 0 fully saturated rings. The summed E-state index contributed by atoms with van der Waals surface area (Å²) in [5.41, 5.74) is 5.93. The van der Waals surface area contributed by atoms with Crippen molar-refractivity contribution in [1.29, 1.82) is 0 Å². The van der Waals surface area contributed by atoms with Crippen LogP contribution in [0, 0.1) is 5.82 Å². The maximum Gasteiger partial charge on any atom is 0.191 e. The van der Waals surface area contributed by atoms with Crippen molar-refractivity contribution >= 4 is 29.1 Å². The Morgan fingerprint density at radius 2 is 2.11 bits per heavy atom. The van der Waals surface area contributed by atoms with Crippen molar-refractivity contribution < 1.29 is 9.13 Å². The van der Waals surface area contributed by atoms with E-state index in [0.29, 0.717) is 22.5 Å². The summed E-state index contributed by atoms with van der Waals surface area (Å²) < 4.78 is 18.7. The van der Waals surface area contributed by atoms with E-state index in [9.17, 15) is 4.39 Å². The van der Waals surface area contributed by atoms with Gasteiger partial charge in [-0.15, -0.1) is 0 Å². The van der Waals surface area contributed by atoms with Crippen LogP contribution >= 0.6 is 11.8 Å². The predicted molar refractivity (Wildman–Crippen MR) is 74.5 cm³/mol.